The first-order chi connectivity index (χ1) is 9.54. The third-order valence-electron chi connectivity index (χ3n) is 3.00. The van der Waals surface area contributed by atoms with Gasteiger partial charge in [0.15, 0.2) is 0 Å². The van der Waals surface area contributed by atoms with E-state index in [0.717, 1.165) is 17.7 Å². The van der Waals surface area contributed by atoms with Crippen LogP contribution in [0.3, 0.4) is 0 Å². The summed E-state index contributed by atoms with van der Waals surface area (Å²) in [6.45, 7) is 6.28. The molecule has 1 aromatic carbocycles. The highest BCUT2D eigenvalue weighted by molar-refractivity contribution is 5.30. The van der Waals surface area contributed by atoms with Crippen LogP contribution in [0.25, 0.3) is 0 Å². The SMILES string of the molecule is CC(N)Cc1cnc(Oc2ccc(C(C)C)cc2)nc1. The van der Waals surface area contributed by atoms with Crippen LogP contribution in [0.4, 0.5) is 0 Å². The summed E-state index contributed by atoms with van der Waals surface area (Å²) < 4.78 is 5.62. The van der Waals surface area contributed by atoms with Gasteiger partial charge in [0.2, 0.25) is 0 Å². The molecule has 0 radical (unpaired) electrons. The van der Waals surface area contributed by atoms with Gasteiger partial charge >= 0.3 is 6.01 Å². The van der Waals surface area contributed by atoms with Gasteiger partial charge in [0, 0.05) is 18.4 Å². The normalized spacial score (nSPS) is 12.4. The van der Waals surface area contributed by atoms with E-state index in [1.165, 1.54) is 5.56 Å². The molecule has 20 heavy (non-hydrogen) atoms. The molecule has 0 aliphatic carbocycles. The van der Waals surface area contributed by atoms with Crippen molar-refractivity contribution >= 4 is 0 Å². The number of rotatable bonds is 5. The highest BCUT2D eigenvalue weighted by Crippen LogP contribution is 2.21. The molecule has 1 aromatic heterocycles. The summed E-state index contributed by atoms with van der Waals surface area (Å²) >= 11 is 0. The van der Waals surface area contributed by atoms with Crippen molar-refractivity contribution in [1.29, 1.82) is 0 Å². The summed E-state index contributed by atoms with van der Waals surface area (Å²) in [6.07, 6.45) is 4.28. The number of nitrogens with two attached hydrogens (primary N) is 1. The van der Waals surface area contributed by atoms with Crippen molar-refractivity contribution in [3.8, 4) is 11.8 Å². The molecule has 0 saturated carbocycles. The first kappa shape index (κ1) is 14.5. The van der Waals surface area contributed by atoms with Gasteiger partial charge in [0.1, 0.15) is 5.75 Å². The summed E-state index contributed by atoms with van der Waals surface area (Å²) in [5.41, 5.74) is 8.04. The van der Waals surface area contributed by atoms with E-state index in [1.54, 1.807) is 12.4 Å². The Morgan fingerprint density at radius 2 is 1.65 bits per heavy atom. The molecule has 0 spiro atoms. The van der Waals surface area contributed by atoms with E-state index < -0.39 is 0 Å². The molecular formula is C16H21N3O. The van der Waals surface area contributed by atoms with E-state index in [1.807, 2.05) is 19.1 Å². The molecule has 2 rings (SSSR count). The molecule has 0 bridgehead atoms. The average molecular weight is 271 g/mol. The number of nitrogens with zero attached hydrogens (tertiary/aromatic N) is 2. The molecule has 1 unspecified atom stereocenters. The van der Waals surface area contributed by atoms with Gasteiger partial charge < -0.3 is 10.5 Å². The largest absolute Gasteiger partial charge is 0.424 e. The van der Waals surface area contributed by atoms with Crippen LogP contribution < -0.4 is 10.5 Å². The van der Waals surface area contributed by atoms with E-state index in [4.69, 9.17) is 10.5 Å². The topological polar surface area (TPSA) is 61.0 Å². The van der Waals surface area contributed by atoms with Crippen LogP contribution in [-0.2, 0) is 6.42 Å². The zero-order valence-corrected chi connectivity index (χ0v) is 12.2. The fourth-order valence-electron chi connectivity index (χ4n) is 1.90. The van der Waals surface area contributed by atoms with Crippen LogP contribution in [-0.4, -0.2) is 16.0 Å². The lowest BCUT2D eigenvalue weighted by atomic mass is 10.0. The van der Waals surface area contributed by atoms with E-state index in [2.05, 4.69) is 35.9 Å². The molecule has 4 nitrogen and oxygen atoms in total. The van der Waals surface area contributed by atoms with Crippen molar-refractivity contribution < 1.29 is 4.74 Å². The zero-order valence-electron chi connectivity index (χ0n) is 12.2. The smallest absolute Gasteiger partial charge is 0.321 e. The van der Waals surface area contributed by atoms with Crippen LogP contribution in [0.15, 0.2) is 36.7 Å². The first-order valence-electron chi connectivity index (χ1n) is 6.89. The molecular weight excluding hydrogens is 250 g/mol. The monoisotopic (exact) mass is 271 g/mol. The van der Waals surface area contributed by atoms with E-state index in [0.29, 0.717) is 11.9 Å². The minimum absolute atomic E-state index is 0.106. The van der Waals surface area contributed by atoms with Crippen LogP contribution in [0.5, 0.6) is 11.8 Å². The fourth-order valence-corrected chi connectivity index (χ4v) is 1.90. The lowest BCUT2D eigenvalue weighted by molar-refractivity contribution is 0.440. The third-order valence-corrected chi connectivity index (χ3v) is 3.00. The van der Waals surface area contributed by atoms with Crippen molar-refractivity contribution in [3.05, 3.63) is 47.8 Å². The van der Waals surface area contributed by atoms with Gasteiger partial charge in [-0.1, -0.05) is 26.0 Å². The van der Waals surface area contributed by atoms with E-state index in [9.17, 15) is 0 Å². The van der Waals surface area contributed by atoms with Crippen molar-refractivity contribution in [3.63, 3.8) is 0 Å². The molecule has 2 aromatic rings. The number of ether oxygens (including phenoxy) is 1. The molecule has 0 aliphatic heterocycles. The summed E-state index contributed by atoms with van der Waals surface area (Å²) in [4.78, 5) is 8.39. The summed E-state index contributed by atoms with van der Waals surface area (Å²) in [6, 6.07) is 8.46. The van der Waals surface area contributed by atoms with E-state index >= 15 is 0 Å². The van der Waals surface area contributed by atoms with Gasteiger partial charge in [-0.15, -0.1) is 0 Å². The lowest BCUT2D eigenvalue weighted by Crippen LogP contribution is -2.17. The molecule has 2 N–H and O–H groups in total. The Morgan fingerprint density at radius 1 is 1.05 bits per heavy atom. The predicted molar refractivity (Wildman–Crippen MR) is 80.0 cm³/mol. The Bertz CT molecular complexity index is 533. The maximum Gasteiger partial charge on any atom is 0.321 e. The molecule has 1 heterocycles. The van der Waals surface area contributed by atoms with Gasteiger partial charge in [-0.3, -0.25) is 0 Å². The molecule has 106 valence electrons. The predicted octanol–water partition coefficient (Wildman–Crippen LogP) is 3.28. The van der Waals surface area contributed by atoms with Crippen molar-refractivity contribution in [2.45, 2.75) is 39.2 Å². The standard InChI is InChI=1S/C16H21N3O/c1-11(2)14-4-6-15(7-5-14)20-16-18-9-13(10-19-16)8-12(3)17/h4-7,9-12H,8,17H2,1-3H3. The molecule has 0 aliphatic rings. The second kappa shape index (κ2) is 6.48. The summed E-state index contributed by atoms with van der Waals surface area (Å²) in [5, 5.41) is 0. The van der Waals surface area contributed by atoms with Crippen molar-refractivity contribution in [2.75, 3.05) is 0 Å². The van der Waals surface area contributed by atoms with Gasteiger partial charge in [-0.2, -0.15) is 0 Å². The van der Waals surface area contributed by atoms with Gasteiger partial charge in [-0.05, 0) is 42.5 Å². The summed E-state index contributed by atoms with van der Waals surface area (Å²) in [7, 11) is 0. The first-order valence-corrected chi connectivity index (χ1v) is 6.89. The average Bonchev–Trinajstić information content (AvgIpc) is 2.41. The van der Waals surface area contributed by atoms with Crippen LogP contribution in [0.1, 0.15) is 37.8 Å². The minimum atomic E-state index is 0.106. The number of hydrogen-bond donors (Lipinski definition) is 1. The van der Waals surface area contributed by atoms with Gasteiger partial charge in [0.05, 0.1) is 0 Å². The minimum Gasteiger partial charge on any atom is -0.424 e. The molecule has 1 atom stereocenters. The quantitative estimate of drug-likeness (QED) is 0.906. The zero-order chi connectivity index (χ0) is 14.5. The third kappa shape index (κ3) is 4.03. The second-order valence-corrected chi connectivity index (χ2v) is 5.38. The fraction of sp³-hybridized carbons (Fsp3) is 0.375. The van der Waals surface area contributed by atoms with Crippen molar-refractivity contribution in [2.24, 2.45) is 5.73 Å². The highest BCUT2D eigenvalue weighted by atomic mass is 16.5. The Kier molecular flexibility index (Phi) is 4.69. The second-order valence-electron chi connectivity index (χ2n) is 5.38. The van der Waals surface area contributed by atoms with Crippen molar-refractivity contribution in [1.82, 2.24) is 9.97 Å². The molecule has 0 amide bonds. The molecule has 0 saturated heterocycles. The highest BCUT2D eigenvalue weighted by Gasteiger charge is 2.04. The maximum atomic E-state index is 5.74. The Hall–Kier alpha value is -1.94. The van der Waals surface area contributed by atoms with Crippen LogP contribution in [0.2, 0.25) is 0 Å². The van der Waals surface area contributed by atoms with Gasteiger partial charge in [-0.25, -0.2) is 9.97 Å². The number of aromatic nitrogens is 2. The maximum absolute atomic E-state index is 5.74. The lowest BCUT2D eigenvalue weighted by Gasteiger charge is -2.08. The number of benzene rings is 1. The number of hydrogen-bond acceptors (Lipinski definition) is 4. The van der Waals surface area contributed by atoms with Gasteiger partial charge in [0.25, 0.3) is 0 Å². The Balaban J connectivity index is 2.02. The van der Waals surface area contributed by atoms with Crippen LogP contribution >= 0.6 is 0 Å². The molecule has 0 fully saturated rings. The van der Waals surface area contributed by atoms with E-state index in [-0.39, 0.29) is 6.04 Å². The Morgan fingerprint density at radius 3 is 2.15 bits per heavy atom. The Labute approximate surface area is 120 Å². The molecule has 4 heteroatoms. The summed E-state index contributed by atoms with van der Waals surface area (Å²) in [5.74, 6) is 1.26. The van der Waals surface area contributed by atoms with Crippen LogP contribution in [0, 0.1) is 0 Å².